The SMILES string of the molecule is Cl.Cl.c1ccc(CN2CCNCC23CCCC3)cc1. The molecule has 3 rings (SSSR count). The lowest BCUT2D eigenvalue weighted by Crippen LogP contribution is -2.59. The molecule has 1 aliphatic heterocycles. The summed E-state index contributed by atoms with van der Waals surface area (Å²) in [6.45, 7) is 4.67. The van der Waals surface area contributed by atoms with Crippen LogP contribution >= 0.6 is 24.8 Å². The molecule has 1 saturated heterocycles. The van der Waals surface area contributed by atoms with Gasteiger partial charge < -0.3 is 5.32 Å². The molecule has 1 aliphatic carbocycles. The summed E-state index contributed by atoms with van der Waals surface area (Å²) in [4.78, 5) is 2.73. The summed E-state index contributed by atoms with van der Waals surface area (Å²) >= 11 is 0. The van der Waals surface area contributed by atoms with Crippen LogP contribution in [-0.4, -0.2) is 30.1 Å². The van der Waals surface area contributed by atoms with E-state index in [-0.39, 0.29) is 24.8 Å². The number of nitrogens with one attached hydrogen (secondary N) is 1. The lowest BCUT2D eigenvalue weighted by Gasteiger charge is -2.45. The Kier molecular flexibility index (Phi) is 6.61. The third-order valence-electron chi connectivity index (χ3n) is 4.43. The number of hydrogen-bond donors (Lipinski definition) is 1. The van der Waals surface area contributed by atoms with Crippen molar-refractivity contribution in [1.82, 2.24) is 10.2 Å². The number of halogens is 2. The normalized spacial score (nSPS) is 21.7. The molecule has 1 aromatic rings. The maximum Gasteiger partial charge on any atom is 0.0338 e. The van der Waals surface area contributed by atoms with E-state index >= 15 is 0 Å². The predicted octanol–water partition coefficient (Wildman–Crippen LogP) is 3.25. The van der Waals surface area contributed by atoms with Crippen molar-refractivity contribution >= 4 is 24.8 Å². The van der Waals surface area contributed by atoms with E-state index in [2.05, 4.69) is 40.5 Å². The zero-order valence-corrected chi connectivity index (χ0v) is 12.9. The molecule has 1 heterocycles. The minimum absolute atomic E-state index is 0. The molecule has 1 spiro atoms. The van der Waals surface area contributed by atoms with Crippen molar-refractivity contribution in [2.24, 2.45) is 0 Å². The van der Waals surface area contributed by atoms with Gasteiger partial charge in [-0.05, 0) is 18.4 Å². The van der Waals surface area contributed by atoms with Crippen LogP contribution in [-0.2, 0) is 6.54 Å². The summed E-state index contributed by atoms with van der Waals surface area (Å²) in [6.07, 6.45) is 5.58. The van der Waals surface area contributed by atoms with Crippen LogP contribution in [0.5, 0.6) is 0 Å². The van der Waals surface area contributed by atoms with Crippen molar-refractivity contribution in [2.75, 3.05) is 19.6 Å². The Morgan fingerprint density at radius 2 is 1.74 bits per heavy atom. The molecule has 2 fully saturated rings. The average Bonchev–Trinajstić information content (AvgIpc) is 2.83. The number of benzene rings is 1. The highest BCUT2D eigenvalue weighted by molar-refractivity contribution is 5.85. The number of piperazine rings is 1. The summed E-state index contributed by atoms with van der Waals surface area (Å²) in [7, 11) is 0. The first-order valence-electron chi connectivity index (χ1n) is 6.89. The highest BCUT2D eigenvalue weighted by Gasteiger charge is 2.40. The molecule has 0 aromatic heterocycles. The topological polar surface area (TPSA) is 15.3 Å². The van der Waals surface area contributed by atoms with Gasteiger partial charge in [-0.2, -0.15) is 0 Å². The number of hydrogen-bond acceptors (Lipinski definition) is 2. The molecule has 4 heteroatoms. The van der Waals surface area contributed by atoms with E-state index < -0.39 is 0 Å². The highest BCUT2D eigenvalue weighted by Crippen LogP contribution is 2.36. The van der Waals surface area contributed by atoms with Gasteiger partial charge in [0.2, 0.25) is 0 Å². The molecule has 108 valence electrons. The van der Waals surface area contributed by atoms with Crippen molar-refractivity contribution in [3.05, 3.63) is 35.9 Å². The summed E-state index contributed by atoms with van der Waals surface area (Å²) in [5.74, 6) is 0. The summed E-state index contributed by atoms with van der Waals surface area (Å²) in [6, 6.07) is 10.9. The van der Waals surface area contributed by atoms with E-state index in [4.69, 9.17) is 0 Å². The second-order valence-electron chi connectivity index (χ2n) is 5.52. The van der Waals surface area contributed by atoms with Gasteiger partial charge in [0.25, 0.3) is 0 Å². The molecule has 0 amide bonds. The van der Waals surface area contributed by atoms with Crippen LogP contribution in [0.25, 0.3) is 0 Å². The van der Waals surface area contributed by atoms with Crippen molar-refractivity contribution in [2.45, 2.75) is 37.8 Å². The zero-order chi connectivity index (χ0) is 11.6. The maximum absolute atomic E-state index is 3.59. The molecule has 1 aromatic carbocycles. The molecular weight excluding hydrogens is 279 g/mol. The Bertz CT molecular complexity index is 364. The van der Waals surface area contributed by atoms with Gasteiger partial charge in [0, 0.05) is 31.7 Å². The Balaban J connectivity index is 0.000000902. The quantitative estimate of drug-likeness (QED) is 0.902. The standard InChI is InChI=1S/C15H22N2.2ClH/c1-2-6-14(7-3-1)12-17-11-10-16-13-15(17)8-4-5-9-15;;/h1-3,6-7,16H,4-5,8-13H2;2*1H. The number of rotatable bonds is 2. The molecule has 0 bridgehead atoms. The number of nitrogens with zero attached hydrogens (tertiary/aromatic N) is 1. The van der Waals surface area contributed by atoms with E-state index in [1.807, 2.05) is 0 Å². The van der Waals surface area contributed by atoms with Crippen LogP contribution in [0.3, 0.4) is 0 Å². The fraction of sp³-hybridized carbons (Fsp3) is 0.600. The molecule has 0 radical (unpaired) electrons. The first-order valence-corrected chi connectivity index (χ1v) is 6.89. The second kappa shape index (κ2) is 7.49. The average molecular weight is 303 g/mol. The van der Waals surface area contributed by atoms with Crippen molar-refractivity contribution in [3.8, 4) is 0 Å². The third kappa shape index (κ3) is 3.63. The Labute approximate surface area is 128 Å². The van der Waals surface area contributed by atoms with Gasteiger partial charge >= 0.3 is 0 Å². The molecular formula is C15H24Cl2N2. The van der Waals surface area contributed by atoms with Gasteiger partial charge in [-0.3, -0.25) is 4.90 Å². The highest BCUT2D eigenvalue weighted by atomic mass is 35.5. The van der Waals surface area contributed by atoms with Crippen LogP contribution < -0.4 is 5.32 Å². The van der Waals surface area contributed by atoms with E-state index in [1.54, 1.807) is 0 Å². The molecule has 0 atom stereocenters. The van der Waals surface area contributed by atoms with Gasteiger partial charge in [0.1, 0.15) is 0 Å². The van der Waals surface area contributed by atoms with E-state index in [0.717, 1.165) is 13.1 Å². The van der Waals surface area contributed by atoms with Gasteiger partial charge in [-0.25, -0.2) is 0 Å². The van der Waals surface area contributed by atoms with Crippen LogP contribution in [0, 0.1) is 0 Å². The molecule has 19 heavy (non-hydrogen) atoms. The van der Waals surface area contributed by atoms with Crippen LogP contribution in [0.1, 0.15) is 31.2 Å². The van der Waals surface area contributed by atoms with Gasteiger partial charge in [-0.15, -0.1) is 24.8 Å². The fourth-order valence-electron chi connectivity index (χ4n) is 3.46. The molecule has 2 nitrogen and oxygen atoms in total. The largest absolute Gasteiger partial charge is 0.314 e. The second-order valence-corrected chi connectivity index (χ2v) is 5.52. The van der Waals surface area contributed by atoms with Gasteiger partial charge in [0.15, 0.2) is 0 Å². The molecule has 2 aliphatic rings. The summed E-state index contributed by atoms with van der Waals surface area (Å²) < 4.78 is 0. The first-order chi connectivity index (χ1) is 8.39. The van der Waals surface area contributed by atoms with Gasteiger partial charge in [-0.1, -0.05) is 43.2 Å². The molecule has 1 saturated carbocycles. The van der Waals surface area contributed by atoms with E-state index in [0.29, 0.717) is 5.54 Å². The minimum atomic E-state index is 0. The first kappa shape index (κ1) is 16.8. The maximum atomic E-state index is 3.59. The third-order valence-corrected chi connectivity index (χ3v) is 4.43. The summed E-state index contributed by atoms with van der Waals surface area (Å²) in [5.41, 5.74) is 1.93. The van der Waals surface area contributed by atoms with Crippen molar-refractivity contribution in [1.29, 1.82) is 0 Å². The Morgan fingerprint density at radius 1 is 1.05 bits per heavy atom. The van der Waals surface area contributed by atoms with E-state index in [1.165, 1.54) is 44.3 Å². The Morgan fingerprint density at radius 3 is 2.42 bits per heavy atom. The fourth-order valence-corrected chi connectivity index (χ4v) is 3.46. The Hall–Kier alpha value is -0.280. The smallest absolute Gasteiger partial charge is 0.0338 e. The summed E-state index contributed by atoms with van der Waals surface area (Å²) in [5, 5.41) is 3.59. The lowest BCUT2D eigenvalue weighted by molar-refractivity contribution is 0.0573. The van der Waals surface area contributed by atoms with Gasteiger partial charge in [0.05, 0.1) is 0 Å². The molecule has 1 N–H and O–H groups in total. The zero-order valence-electron chi connectivity index (χ0n) is 11.3. The van der Waals surface area contributed by atoms with E-state index in [9.17, 15) is 0 Å². The minimum Gasteiger partial charge on any atom is -0.314 e. The van der Waals surface area contributed by atoms with Crippen LogP contribution in [0.4, 0.5) is 0 Å². The van der Waals surface area contributed by atoms with Crippen LogP contribution in [0.15, 0.2) is 30.3 Å². The monoisotopic (exact) mass is 302 g/mol. The van der Waals surface area contributed by atoms with Crippen LogP contribution in [0.2, 0.25) is 0 Å². The lowest BCUT2D eigenvalue weighted by atomic mass is 9.92. The van der Waals surface area contributed by atoms with Crippen molar-refractivity contribution in [3.63, 3.8) is 0 Å². The molecule has 0 unspecified atom stereocenters. The van der Waals surface area contributed by atoms with Crippen molar-refractivity contribution < 1.29 is 0 Å². The predicted molar refractivity (Wildman–Crippen MR) is 85.4 cm³/mol.